The van der Waals surface area contributed by atoms with Crippen LogP contribution >= 0.6 is 12.2 Å². The van der Waals surface area contributed by atoms with Gasteiger partial charge in [0.2, 0.25) is 0 Å². The van der Waals surface area contributed by atoms with Gasteiger partial charge >= 0.3 is 0 Å². The summed E-state index contributed by atoms with van der Waals surface area (Å²) in [5, 5.41) is 0. The van der Waals surface area contributed by atoms with Crippen LogP contribution < -0.4 is 10.6 Å². The van der Waals surface area contributed by atoms with Gasteiger partial charge in [0.25, 0.3) is 0 Å². The van der Waals surface area contributed by atoms with Crippen molar-refractivity contribution in [1.82, 2.24) is 0 Å². The summed E-state index contributed by atoms with van der Waals surface area (Å²) < 4.78 is 27.9. The van der Waals surface area contributed by atoms with Crippen LogP contribution in [-0.2, 0) is 0 Å². The average Bonchev–Trinajstić information content (AvgIpc) is 2.28. The van der Waals surface area contributed by atoms with Gasteiger partial charge in [0.05, 0.1) is 0 Å². The molecular formula is C13H18F2N2S. The van der Waals surface area contributed by atoms with E-state index in [4.69, 9.17) is 18.0 Å². The Morgan fingerprint density at radius 2 is 1.61 bits per heavy atom. The van der Waals surface area contributed by atoms with Crippen LogP contribution in [0.5, 0.6) is 0 Å². The molecule has 0 amide bonds. The van der Waals surface area contributed by atoms with Crippen LogP contribution in [-0.4, -0.2) is 18.1 Å². The summed E-state index contributed by atoms with van der Waals surface area (Å²) in [5.41, 5.74) is 5.61. The van der Waals surface area contributed by atoms with E-state index in [0.29, 0.717) is 13.1 Å². The zero-order valence-corrected chi connectivity index (χ0v) is 11.5. The second-order valence-corrected chi connectivity index (χ2v) is 4.58. The Hall–Kier alpha value is -1.23. The summed E-state index contributed by atoms with van der Waals surface area (Å²) in [7, 11) is 0. The van der Waals surface area contributed by atoms with Gasteiger partial charge in [-0.1, -0.05) is 26.1 Å². The first-order valence-electron chi connectivity index (χ1n) is 6.05. The number of benzene rings is 1. The highest BCUT2D eigenvalue weighted by Gasteiger charge is 2.17. The molecular weight excluding hydrogens is 254 g/mol. The molecule has 0 atom stereocenters. The lowest BCUT2D eigenvalue weighted by Crippen LogP contribution is -2.27. The fraction of sp³-hybridized carbons (Fsp3) is 0.462. The van der Waals surface area contributed by atoms with Crippen molar-refractivity contribution >= 4 is 22.9 Å². The Kier molecular flexibility index (Phi) is 5.47. The first kappa shape index (κ1) is 14.8. The average molecular weight is 272 g/mol. The van der Waals surface area contributed by atoms with E-state index in [0.717, 1.165) is 12.8 Å². The molecule has 0 aliphatic carbocycles. The van der Waals surface area contributed by atoms with Crippen molar-refractivity contribution in [2.24, 2.45) is 5.73 Å². The van der Waals surface area contributed by atoms with E-state index in [1.807, 2.05) is 13.8 Å². The number of hydrogen-bond donors (Lipinski definition) is 1. The maximum Gasteiger partial charge on any atom is 0.150 e. The highest BCUT2D eigenvalue weighted by atomic mass is 32.1. The van der Waals surface area contributed by atoms with Gasteiger partial charge in [0.15, 0.2) is 0 Å². The van der Waals surface area contributed by atoms with Gasteiger partial charge in [-0.15, -0.1) is 0 Å². The Labute approximate surface area is 112 Å². The van der Waals surface area contributed by atoms with Crippen molar-refractivity contribution in [3.63, 3.8) is 0 Å². The number of halogens is 2. The first-order chi connectivity index (χ1) is 8.51. The van der Waals surface area contributed by atoms with Gasteiger partial charge in [-0.2, -0.15) is 0 Å². The number of anilines is 1. The molecule has 1 aromatic rings. The van der Waals surface area contributed by atoms with Gasteiger partial charge < -0.3 is 10.6 Å². The zero-order valence-electron chi connectivity index (χ0n) is 10.7. The first-order valence-corrected chi connectivity index (χ1v) is 6.45. The highest BCUT2D eigenvalue weighted by molar-refractivity contribution is 7.80. The molecule has 0 radical (unpaired) electrons. The van der Waals surface area contributed by atoms with Crippen molar-refractivity contribution in [2.45, 2.75) is 26.7 Å². The van der Waals surface area contributed by atoms with Crippen LogP contribution in [0, 0.1) is 11.6 Å². The van der Waals surface area contributed by atoms with Crippen LogP contribution in [0.3, 0.4) is 0 Å². The smallest absolute Gasteiger partial charge is 0.150 e. The fourth-order valence-electron chi connectivity index (χ4n) is 1.89. The van der Waals surface area contributed by atoms with Crippen molar-refractivity contribution in [3.05, 3.63) is 29.3 Å². The molecule has 5 heteroatoms. The number of hydrogen-bond acceptors (Lipinski definition) is 2. The van der Waals surface area contributed by atoms with E-state index in [1.165, 1.54) is 12.1 Å². The standard InChI is InChI=1S/C13H18F2N2S/c1-3-5-17(6-4-2)12-10(14)7-9(13(16)18)8-11(12)15/h7-8H,3-6H2,1-2H3,(H2,16,18). The topological polar surface area (TPSA) is 29.3 Å². The van der Waals surface area contributed by atoms with E-state index in [1.54, 1.807) is 4.90 Å². The van der Waals surface area contributed by atoms with Crippen LogP contribution in [0.1, 0.15) is 32.3 Å². The van der Waals surface area contributed by atoms with E-state index in [-0.39, 0.29) is 16.2 Å². The van der Waals surface area contributed by atoms with Crippen LogP contribution in [0.25, 0.3) is 0 Å². The summed E-state index contributed by atoms with van der Waals surface area (Å²) in [5.74, 6) is -1.22. The third kappa shape index (κ3) is 3.38. The summed E-state index contributed by atoms with van der Waals surface area (Å²) in [6.07, 6.45) is 1.66. The molecule has 100 valence electrons. The molecule has 18 heavy (non-hydrogen) atoms. The minimum atomic E-state index is -0.611. The quantitative estimate of drug-likeness (QED) is 0.806. The summed E-state index contributed by atoms with van der Waals surface area (Å²) in [4.78, 5) is 1.71. The molecule has 2 nitrogen and oxygen atoms in total. The van der Waals surface area contributed by atoms with Crippen LogP contribution in [0.15, 0.2) is 12.1 Å². The Morgan fingerprint density at radius 1 is 1.17 bits per heavy atom. The molecule has 0 saturated heterocycles. The van der Waals surface area contributed by atoms with Gasteiger partial charge in [-0.05, 0) is 25.0 Å². The molecule has 0 aliphatic heterocycles. The van der Waals surface area contributed by atoms with Gasteiger partial charge in [-0.3, -0.25) is 0 Å². The molecule has 0 aliphatic rings. The van der Waals surface area contributed by atoms with Crippen molar-refractivity contribution < 1.29 is 8.78 Å². The lowest BCUT2D eigenvalue weighted by molar-refractivity contribution is 0.567. The largest absolute Gasteiger partial charge is 0.389 e. The highest BCUT2D eigenvalue weighted by Crippen LogP contribution is 2.25. The molecule has 1 rings (SSSR count). The van der Waals surface area contributed by atoms with Crippen molar-refractivity contribution in [1.29, 1.82) is 0 Å². The van der Waals surface area contributed by atoms with Gasteiger partial charge in [-0.25, -0.2) is 8.78 Å². The predicted molar refractivity (Wildman–Crippen MR) is 75.0 cm³/mol. The van der Waals surface area contributed by atoms with Crippen molar-refractivity contribution in [3.8, 4) is 0 Å². The second kappa shape index (κ2) is 6.64. The molecule has 0 aromatic heterocycles. The Balaban J connectivity index is 3.18. The SMILES string of the molecule is CCCN(CCC)c1c(F)cc(C(N)=S)cc1F. The summed E-state index contributed by atoms with van der Waals surface area (Å²) >= 11 is 4.72. The Bertz CT molecular complexity index is 406. The fourth-order valence-corrected chi connectivity index (χ4v) is 2.00. The normalized spacial score (nSPS) is 10.4. The number of rotatable bonds is 6. The molecule has 1 aromatic carbocycles. The van der Waals surface area contributed by atoms with Gasteiger partial charge in [0.1, 0.15) is 22.3 Å². The monoisotopic (exact) mass is 272 g/mol. The second-order valence-electron chi connectivity index (χ2n) is 4.14. The molecule has 0 spiro atoms. The van der Waals surface area contributed by atoms with E-state index >= 15 is 0 Å². The zero-order chi connectivity index (χ0) is 13.7. The lowest BCUT2D eigenvalue weighted by Gasteiger charge is -2.25. The minimum Gasteiger partial charge on any atom is -0.389 e. The predicted octanol–water partition coefficient (Wildman–Crippen LogP) is 3.23. The summed E-state index contributed by atoms with van der Waals surface area (Å²) in [6, 6.07) is 2.39. The van der Waals surface area contributed by atoms with E-state index in [2.05, 4.69) is 0 Å². The molecule has 0 fully saturated rings. The third-order valence-corrected chi connectivity index (χ3v) is 2.84. The van der Waals surface area contributed by atoms with E-state index in [9.17, 15) is 8.78 Å². The maximum atomic E-state index is 14.0. The number of thiocarbonyl (C=S) groups is 1. The van der Waals surface area contributed by atoms with Crippen LogP contribution in [0.4, 0.5) is 14.5 Å². The molecule has 0 saturated carbocycles. The van der Waals surface area contributed by atoms with Crippen molar-refractivity contribution in [2.75, 3.05) is 18.0 Å². The maximum absolute atomic E-state index is 14.0. The lowest BCUT2D eigenvalue weighted by atomic mass is 10.1. The van der Waals surface area contributed by atoms with Crippen LogP contribution in [0.2, 0.25) is 0 Å². The van der Waals surface area contributed by atoms with Gasteiger partial charge in [0, 0.05) is 18.7 Å². The van der Waals surface area contributed by atoms with E-state index < -0.39 is 11.6 Å². The minimum absolute atomic E-state index is 0.00289. The summed E-state index contributed by atoms with van der Waals surface area (Å²) in [6.45, 7) is 5.19. The number of nitrogens with two attached hydrogens (primary N) is 1. The molecule has 0 bridgehead atoms. The number of nitrogens with zero attached hydrogens (tertiary/aromatic N) is 1. The third-order valence-electron chi connectivity index (χ3n) is 2.60. The molecule has 0 unspecified atom stereocenters. The Morgan fingerprint density at radius 3 is 1.94 bits per heavy atom. The molecule has 2 N–H and O–H groups in total. The molecule has 0 heterocycles.